The van der Waals surface area contributed by atoms with Gasteiger partial charge in [0.25, 0.3) is 0 Å². The van der Waals surface area contributed by atoms with Crippen LogP contribution in [0.15, 0.2) is 0 Å². The summed E-state index contributed by atoms with van der Waals surface area (Å²) in [5, 5.41) is 0. The summed E-state index contributed by atoms with van der Waals surface area (Å²) >= 11 is -3.11. The maximum Gasteiger partial charge on any atom is 1.00 e. The molecule has 0 aliphatic rings. The van der Waals surface area contributed by atoms with Crippen LogP contribution >= 0.6 is 0 Å². The second-order valence-corrected chi connectivity index (χ2v) is 0.612. The molecule has 0 rings (SSSR count). The van der Waals surface area contributed by atoms with Crippen LogP contribution in [0.4, 0.5) is 0 Å². The van der Waals surface area contributed by atoms with E-state index in [0.717, 1.165) is 0 Å². The fraction of sp³-hybridized carbons (Fsp3) is 0. The largest absolute Gasteiger partial charge is 1.00 e. The Morgan fingerprint density at radius 2 is 0.667 bits per heavy atom. The fourth-order valence-corrected chi connectivity index (χ4v) is 0. The van der Waals surface area contributed by atoms with Crippen molar-refractivity contribution in [2.75, 3.05) is 0 Å². The first-order valence-corrected chi connectivity index (χ1v) is 1.50. The summed E-state index contributed by atoms with van der Waals surface area (Å²) in [6, 6.07) is 0. The Labute approximate surface area is 115 Å². The Kier molecular flexibility index (Phi) is 626. The Balaban J connectivity index is -0.00000000161. The van der Waals surface area contributed by atoms with Crippen molar-refractivity contribution < 1.29 is 105 Å². The minimum absolute atomic E-state index is 0. The molecule has 74 valence electrons. The van der Waals surface area contributed by atoms with Gasteiger partial charge in [0, 0.05) is 0 Å². The van der Waals surface area contributed by atoms with E-state index in [9.17, 15) is 0 Å². The van der Waals surface area contributed by atoms with Crippen molar-refractivity contribution in [1.82, 2.24) is 0 Å². The molecule has 0 bridgehead atoms. The third-order valence-electron chi connectivity index (χ3n) is 0. The molecule has 0 amide bonds. The number of hydrogen-bond acceptors (Lipinski definition) is 3. The summed E-state index contributed by atoms with van der Waals surface area (Å²) in [5.74, 6) is 0. The summed E-state index contributed by atoms with van der Waals surface area (Å²) in [7, 11) is 0. The quantitative estimate of drug-likeness (QED) is 0.292. The van der Waals surface area contributed by atoms with Crippen LogP contribution in [0.3, 0.4) is 0 Å². The van der Waals surface area contributed by atoms with Crippen LogP contribution in [0.25, 0.3) is 0 Å². The standard InChI is InChI=1S/2Na.H2O3S.6H2O/c;;1-4(2)3;;;;;;/h;;(H2,1,2,3);6*1H2/q2*+1;;;;;;;/p-2. The van der Waals surface area contributed by atoms with Crippen LogP contribution in [0, 0.1) is 0 Å². The zero-order valence-corrected chi connectivity index (χ0v) is 11.4. The van der Waals surface area contributed by atoms with E-state index in [4.69, 9.17) is 13.3 Å². The monoisotopic (exact) mass is 234 g/mol. The molecule has 9 nitrogen and oxygen atoms in total. The number of rotatable bonds is 0. The first-order chi connectivity index (χ1) is 1.73. The van der Waals surface area contributed by atoms with Crippen molar-refractivity contribution in [1.29, 1.82) is 0 Å². The first kappa shape index (κ1) is 97.6. The van der Waals surface area contributed by atoms with Gasteiger partial charge in [0.2, 0.25) is 0 Å². The van der Waals surface area contributed by atoms with Gasteiger partial charge < -0.3 is 42.0 Å². The average Bonchev–Trinajstić information content (AvgIpc) is 0.811. The molecule has 12 heteroatoms. The van der Waals surface area contributed by atoms with Crippen molar-refractivity contribution in [3.8, 4) is 0 Å². The van der Waals surface area contributed by atoms with E-state index in [1.54, 1.807) is 0 Å². The molecule has 0 spiro atoms. The predicted molar refractivity (Wildman–Crippen MR) is 31.4 cm³/mol. The van der Waals surface area contributed by atoms with Crippen molar-refractivity contribution in [3.63, 3.8) is 0 Å². The average molecular weight is 234 g/mol. The van der Waals surface area contributed by atoms with Crippen LogP contribution in [0.2, 0.25) is 0 Å². The molecule has 0 saturated carbocycles. The Morgan fingerprint density at radius 1 is 0.667 bits per heavy atom. The molecular formula is H12Na2O9S. The molecule has 0 aromatic rings. The predicted octanol–water partition coefficient (Wildman–Crippen LogP) is -11.9. The fourth-order valence-electron chi connectivity index (χ4n) is 0. The van der Waals surface area contributed by atoms with Crippen LogP contribution in [0.5, 0.6) is 0 Å². The topological polar surface area (TPSA) is 252 Å². The molecule has 0 saturated heterocycles. The van der Waals surface area contributed by atoms with Gasteiger partial charge in [0.05, 0.1) is 0 Å². The van der Waals surface area contributed by atoms with Gasteiger partial charge in [-0.1, -0.05) is 0 Å². The molecule has 0 aliphatic heterocycles. The zero-order chi connectivity index (χ0) is 3.58. The van der Waals surface area contributed by atoms with Crippen LogP contribution in [-0.2, 0) is 11.4 Å². The SMILES string of the molecule is O.O.O.O.O.O.O=S([O-])[O-].[Na+].[Na+]. The van der Waals surface area contributed by atoms with Gasteiger partial charge in [-0.05, 0) is 0 Å². The Hall–Kier alpha value is 1.83. The summed E-state index contributed by atoms with van der Waals surface area (Å²) in [6.45, 7) is 0. The van der Waals surface area contributed by atoms with E-state index < -0.39 is 11.4 Å². The molecule has 12 N–H and O–H groups in total. The molecule has 0 aromatic carbocycles. The van der Waals surface area contributed by atoms with Crippen molar-refractivity contribution in [3.05, 3.63) is 0 Å². The smallest absolute Gasteiger partial charge is 0.784 e. The van der Waals surface area contributed by atoms with Crippen molar-refractivity contribution in [2.45, 2.75) is 0 Å². The maximum atomic E-state index is 8.44. The first-order valence-electron chi connectivity index (χ1n) is 0.500. The molecule has 0 radical (unpaired) electrons. The van der Waals surface area contributed by atoms with E-state index in [-0.39, 0.29) is 92.0 Å². The molecule has 0 heterocycles. The minimum atomic E-state index is -3.11. The Bertz CT molecular complexity index is 35.5. The molecule has 0 aromatic heterocycles. The van der Waals surface area contributed by atoms with Crippen LogP contribution in [0.1, 0.15) is 0 Å². The summed E-state index contributed by atoms with van der Waals surface area (Å²) in [5.41, 5.74) is 0. The third kappa shape index (κ3) is 414. The summed E-state index contributed by atoms with van der Waals surface area (Å²) < 4.78 is 25.3. The van der Waals surface area contributed by atoms with E-state index in [1.165, 1.54) is 0 Å². The second-order valence-electron chi connectivity index (χ2n) is 0.204. The third-order valence-corrected chi connectivity index (χ3v) is 0. The van der Waals surface area contributed by atoms with Gasteiger partial charge in [-0.2, -0.15) is 0 Å². The summed E-state index contributed by atoms with van der Waals surface area (Å²) in [6.07, 6.45) is 0. The molecular weight excluding hydrogens is 222 g/mol. The van der Waals surface area contributed by atoms with E-state index >= 15 is 0 Å². The van der Waals surface area contributed by atoms with E-state index in [2.05, 4.69) is 0 Å². The second kappa shape index (κ2) is 77.0. The van der Waals surface area contributed by atoms with Crippen molar-refractivity contribution >= 4 is 11.4 Å². The molecule has 0 atom stereocenters. The number of hydrogen-bond donors (Lipinski definition) is 0. The minimum Gasteiger partial charge on any atom is -0.784 e. The van der Waals surface area contributed by atoms with E-state index in [1.807, 2.05) is 0 Å². The van der Waals surface area contributed by atoms with Crippen molar-refractivity contribution in [2.24, 2.45) is 0 Å². The van der Waals surface area contributed by atoms with Gasteiger partial charge in [-0.15, -0.1) is 11.4 Å². The van der Waals surface area contributed by atoms with Gasteiger partial charge in [0.15, 0.2) is 0 Å². The molecule has 0 unspecified atom stereocenters. The molecule has 0 fully saturated rings. The zero-order valence-electron chi connectivity index (χ0n) is 6.63. The Morgan fingerprint density at radius 3 is 0.667 bits per heavy atom. The molecule has 0 aliphatic carbocycles. The van der Waals surface area contributed by atoms with E-state index in [0.29, 0.717) is 0 Å². The normalized spacial score (nSPS) is 2.92. The molecule has 12 heavy (non-hydrogen) atoms. The van der Waals surface area contributed by atoms with Crippen LogP contribution < -0.4 is 59.1 Å². The van der Waals surface area contributed by atoms with Gasteiger partial charge in [-0.25, -0.2) is 0 Å². The maximum absolute atomic E-state index is 8.44. The van der Waals surface area contributed by atoms with Gasteiger partial charge in [0.1, 0.15) is 0 Å². The van der Waals surface area contributed by atoms with Gasteiger partial charge in [-0.3, -0.25) is 4.21 Å². The van der Waals surface area contributed by atoms with Crippen LogP contribution in [-0.4, -0.2) is 46.2 Å². The van der Waals surface area contributed by atoms with Gasteiger partial charge >= 0.3 is 59.1 Å². The summed E-state index contributed by atoms with van der Waals surface area (Å²) in [4.78, 5) is 0.